The van der Waals surface area contributed by atoms with Gasteiger partial charge >= 0.3 is 0 Å². The van der Waals surface area contributed by atoms with Crippen LogP contribution in [0.4, 0.5) is 11.4 Å². The number of piperazine rings is 1. The van der Waals surface area contributed by atoms with Gasteiger partial charge in [-0.2, -0.15) is 0 Å². The van der Waals surface area contributed by atoms with E-state index in [-0.39, 0.29) is 18.3 Å². The predicted molar refractivity (Wildman–Crippen MR) is 107 cm³/mol. The molecule has 2 aromatic carbocycles. The number of rotatable bonds is 6. The number of benzene rings is 2. The average molecular weight is 383 g/mol. The summed E-state index contributed by atoms with van der Waals surface area (Å²) in [7, 11) is 0. The van der Waals surface area contributed by atoms with Crippen LogP contribution in [0.1, 0.15) is 5.56 Å². The van der Waals surface area contributed by atoms with Crippen LogP contribution in [0, 0.1) is 0 Å². The number of ether oxygens (including phenoxy) is 1. The van der Waals surface area contributed by atoms with E-state index in [1.807, 2.05) is 30.3 Å². The van der Waals surface area contributed by atoms with Crippen molar-refractivity contribution in [3.8, 4) is 11.5 Å². The molecule has 0 bridgehead atoms. The van der Waals surface area contributed by atoms with Gasteiger partial charge in [0.05, 0.1) is 6.42 Å². The number of nitrogens with zero attached hydrogens (tertiary/aromatic N) is 2. The summed E-state index contributed by atoms with van der Waals surface area (Å²) >= 11 is 0. The second-order valence-electron chi connectivity index (χ2n) is 7.31. The summed E-state index contributed by atoms with van der Waals surface area (Å²) in [6.45, 7) is 4.27. The predicted octanol–water partition coefficient (Wildman–Crippen LogP) is 1.45. The zero-order valence-electron chi connectivity index (χ0n) is 15.7. The number of β-amino-alcohol motifs (C(OH)–C–C–N with tert-alkyl or cyclic N) is 1. The normalized spacial score (nSPS) is 17.9. The highest BCUT2D eigenvalue weighted by molar-refractivity contribution is 5.99. The lowest BCUT2D eigenvalue weighted by Gasteiger charge is -2.36. The Balaban J connectivity index is 1.22. The van der Waals surface area contributed by atoms with Gasteiger partial charge in [-0.3, -0.25) is 9.69 Å². The summed E-state index contributed by atoms with van der Waals surface area (Å²) < 4.78 is 5.72. The second-order valence-corrected chi connectivity index (χ2v) is 7.31. The van der Waals surface area contributed by atoms with Gasteiger partial charge in [-0.1, -0.05) is 0 Å². The van der Waals surface area contributed by atoms with Crippen LogP contribution < -0.4 is 15.0 Å². The number of carbonyl (C=O) groups is 1. The molecule has 1 amide bonds. The van der Waals surface area contributed by atoms with E-state index < -0.39 is 6.10 Å². The molecule has 0 aliphatic carbocycles. The van der Waals surface area contributed by atoms with E-state index in [1.54, 1.807) is 12.1 Å². The summed E-state index contributed by atoms with van der Waals surface area (Å²) in [4.78, 5) is 15.9. The van der Waals surface area contributed by atoms with Crippen molar-refractivity contribution in [3.05, 3.63) is 48.0 Å². The highest BCUT2D eigenvalue weighted by Gasteiger charge is 2.21. The summed E-state index contributed by atoms with van der Waals surface area (Å²) in [5, 5.41) is 22.5. The molecule has 28 heavy (non-hydrogen) atoms. The van der Waals surface area contributed by atoms with Gasteiger partial charge < -0.3 is 25.2 Å². The van der Waals surface area contributed by atoms with Crippen LogP contribution in [-0.4, -0.2) is 66.5 Å². The molecule has 0 saturated carbocycles. The zero-order chi connectivity index (χ0) is 19.5. The number of anilines is 2. The summed E-state index contributed by atoms with van der Waals surface area (Å²) in [6.07, 6.45) is -0.200. The van der Waals surface area contributed by atoms with Crippen LogP contribution >= 0.6 is 0 Å². The van der Waals surface area contributed by atoms with Crippen molar-refractivity contribution in [2.45, 2.75) is 12.5 Å². The topological polar surface area (TPSA) is 85.3 Å². The third kappa shape index (κ3) is 4.37. The minimum absolute atomic E-state index is 0.00127. The maximum Gasteiger partial charge on any atom is 0.228 e. The standard InChI is InChI=1S/C21H25N3O4/c25-17-3-1-16(2-4-17)24-9-7-23(8-10-24)13-18(26)14-28-19-5-6-20-15(11-19)12-21(27)22-20/h1-6,11,18,25-26H,7-10,12-14H2,(H,22,27)/t18-/m0/s1. The fourth-order valence-corrected chi connectivity index (χ4v) is 3.69. The number of nitrogens with one attached hydrogen (secondary N) is 1. The van der Waals surface area contributed by atoms with Gasteiger partial charge in [-0.25, -0.2) is 0 Å². The Morgan fingerprint density at radius 2 is 1.82 bits per heavy atom. The summed E-state index contributed by atoms with van der Waals surface area (Å²) in [5.41, 5.74) is 2.87. The van der Waals surface area contributed by atoms with E-state index in [2.05, 4.69) is 15.1 Å². The Morgan fingerprint density at radius 1 is 1.07 bits per heavy atom. The van der Waals surface area contributed by atoms with Crippen LogP contribution in [0.5, 0.6) is 11.5 Å². The number of aromatic hydroxyl groups is 1. The molecule has 1 atom stereocenters. The molecule has 2 heterocycles. The van der Waals surface area contributed by atoms with Gasteiger partial charge in [-0.15, -0.1) is 0 Å². The van der Waals surface area contributed by atoms with Crippen molar-refractivity contribution in [1.82, 2.24) is 4.90 Å². The van der Waals surface area contributed by atoms with Crippen molar-refractivity contribution in [2.24, 2.45) is 0 Å². The van der Waals surface area contributed by atoms with Gasteiger partial charge in [0.25, 0.3) is 0 Å². The van der Waals surface area contributed by atoms with Crippen molar-refractivity contribution < 1.29 is 19.7 Å². The molecule has 7 nitrogen and oxygen atoms in total. The average Bonchev–Trinajstić information content (AvgIpc) is 3.07. The molecule has 7 heteroatoms. The Bertz CT molecular complexity index is 832. The molecule has 4 rings (SSSR count). The van der Waals surface area contributed by atoms with E-state index in [1.165, 1.54) is 0 Å². The lowest BCUT2D eigenvalue weighted by atomic mass is 10.1. The van der Waals surface area contributed by atoms with Crippen LogP contribution in [0.3, 0.4) is 0 Å². The number of hydrogen-bond donors (Lipinski definition) is 3. The lowest BCUT2D eigenvalue weighted by molar-refractivity contribution is -0.115. The van der Waals surface area contributed by atoms with E-state index in [0.717, 1.165) is 43.1 Å². The lowest BCUT2D eigenvalue weighted by Crippen LogP contribution is -2.49. The van der Waals surface area contributed by atoms with Crippen molar-refractivity contribution in [1.29, 1.82) is 0 Å². The third-order valence-corrected chi connectivity index (χ3v) is 5.20. The Morgan fingerprint density at radius 3 is 2.57 bits per heavy atom. The number of phenols is 1. The number of amides is 1. The fraction of sp³-hybridized carbons (Fsp3) is 0.381. The molecule has 0 spiro atoms. The molecule has 1 fully saturated rings. The first-order chi connectivity index (χ1) is 13.6. The number of aliphatic hydroxyl groups excluding tert-OH is 1. The quantitative estimate of drug-likeness (QED) is 0.700. The highest BCUT2D eigenvalue weighted by atomic mass is 16.5. The van der Waals surface area contributed by atoms with Gasteiger partial charge in [0.1, 0.15) is 24.2 Å². The Labute approximate surface area is 164 Å². The number of aliphatic hydroxyl groups is 1. The number of fused-ring (bicyclic) bond motifs is 1. The van der Waals surface area contributed by atoms with Crippen molar-refractivity contribution in [2.75, 3.05) is 49.5 Å². The molecule has 2 aliphatic heterocycles. The molecule has 0 unspecified atom stereocenters. The van der Waals surface area contributed by atoms with Gasteiger partial charge in [0.15, 0.2) is 0 Å². The van der Waals surface area contributed by atoms with E-state index >= 15 is 0 Å². The highest BCUT2D eigenvalue weighted by Crippen LogP contribution is 2.27. The third-order valence-electron chi connectivity index (χ3n) is 5.20. The first kappa shape index (κ1) is 18.6. The maximum absolute atomic E-state index is 11.4. The van der Waals surface area contributed by atoms with E-state index in [0.29, 0.717) is 18.7 Å². The minimum Gasteiger partial charge on any atom is -0.508 e. The first-order valence-corrected chi connectivity index (χ1v) is 9.57. The molecule has 2 aliphatic rings. The molecular formula is C21H25N3O4. The molecule has 2 aromatic rings. The van der Waals surface area contributed by atoms with Crippen LogP contribution in [0.25, 0.3) is 0 Å². The van der Waals surface area contributed by atoms with Gasteiger partial charge in [0, 0.05) is 44.1 Å². The van der Waals surface area contributed by atoms with Gasteiger partial charge in [0.2, 0.25) is 5.91 Å². The largest absolute Gasteiger partial charge is 0.508 e. The smallest absolute Gasteiger partial charge is 0.228 e. The number of carbonyl (C=O) groups excluding carboxylic acids is 1. The number of phenolic OH excluding ortho intramolecular Hbond substituents is 1. The monoisotopic (exact) mass is 383 g/mol. The van der Waals surface area contributed by atoms with E-state index in [4.69, 9.17) is 4.74 Å². The molecular weight excluding hydrogens is 358 g/mol. The summed E-state index contributed by atoms with van der Waals surface area (Å²) in [6, 6.07) is 12.8. The van der Waals surface area contributed by atoms with Crippen molar-refractivity contribution >= 4 is 17.3 Å². The van der Waals surface area contributed by atoms with Gasteiger partial charge in [-0.05, 0) is 48.0 Å². The molecule has 148 valence electrons. The van der Waals surface area contributed by atoms with Crippen molar-refractivity contribution in [3.63, 3.8) is 0 Å². The first-order valence-electron chi connectivity index (χ1n) is 9.57. The summed E-state index contributed by atoms with van der Waals surface area (Å²) in [5.74, 6) is 0.946. The maximum atomic E-state index is 11.4. The van der Waals surface area contributed by atoms with Crippen LogP contribution in [-0.2, 0) is 11.2 Å². The van der Waals surface area contributed by atoms with E-state index in [9.17, 15) is 15.0 Å². The zero-order valence-corrected chi connectivity index (χ0v) is 15.7. The molecule has 0 radical (unpaired) electrons. The Hall–Kier alpha value is -2.77. The van der Waals surface area contributed by atoms with Crippen LogP contribution in [0.2, 0.25) is 0 Å². The Kier molecular flexibility index (Phi) is 5.36. The molecule has 1 saturated heterocycles. The fourth-order valence-electron chi connectivity index (χ4n) is 3.69. The van der Waals surface area contributed by atoms with Crippen LogP contribution in [0.15, 0.2) is 42.5 Å². The SMILES string of the molecule is O=C1Cc2cc(OC[C@@H](O)CN3CCN(c4ccc(O)cc4)CC3)ccc2N1. The second kappa shape index (κ2) is 8.08. The molecule has 3 N–H and O–H groups in total. The minimum atomic E-state index is -0.576. The number of hydrogen-bond acceptors (Lipinski definition) is 6. The molecule has 0 aromatic heterocycles.